The molecule has 0 spiro atoms. The predicted molar refractivity (Wildman–Crippen MR) is 84.7 cm³/mol. The summed E-state index contributed by atoms with van der Waals surface area (Å²) in [5.74, 6) is -0.245. The monoisotopic (exact) mass is 297 g/mol. The zero-order valence-corrected chi connectivity index (χ0v) is 12.1. The van der Waals surface area contributed by atoms with Gasteiger partial charge < -0.3 is 5.11 Å². The standard InChI is InChI=1S/C17H12ClNO2/c1-10-14(18)7-4-8-15(10)19-9-13-16(20)11-5-2-3-6-12(11)17(13)21/h2-9,20H,1H3. The highest BCUT2D eigenvalue weighted by molar-refractivity contribution is 6.32. The minimum absolute atomic E-state index is 0.0287. The Bertz CT molecular complexity index is 806. The highest BCUT2D eigenvalue weighted by Crippen LogP contribution is 2.31. The van der Waals surface area contributed by atoms with Gasteiger partial charge in [-0.1, -0.05) is 41.9 Å². The molecule has 1 aliphatic carbocycles. The first-order valence-corrected chi connectivity index (χ1v) is 6.84. The minimum atomic E-state index is -0.216. The number of aliphatic hydroxyl groups excluding tert-OH is 1. The molecule has 4 heteroatoms. The summed E-state index contributed by atoms with van der Waals surface area (Å²) in [6.07, 6.45) is 1.40. The average Bonchev–Trinajstić information content (AvgIpc) is 2.73. The topological polar surface area (TPSA) is 49.7 Å². The molecular formula is C17H12ClNO2. The molecule has 0 saturated carbocycles. The van der Waals surface area contributed by atoms with Gasteiger partial charge in [0.2, 0.25) is 0 Å². The van der Waals surface area contributed by atoms with Crippen molar-refractivity contribution >= 4 is 35.0 Å². The largest absolute Gasteiger partial charge is 0.506 e. The van der Waals surface area contributed by atoms with E-state index < -0.39 is 0 Å². The number of halogens is 1. The third-order valence-electron chi connectivity index (χ3n) is 3.50. The van der Waals surface area contributed by atoms with E-state index >= 15 is 0 Å². The third kappa shape index (κ3) is 2.26. The Kier molecular flexibility index (Phi) is 3.35. The number of allylic oxidation sites excluding steroid dienone is 1. The van der Waals surface area contributed by atoms with Crippen molar-refractivity contribution in [3.05, 3.63) is 69.8 Å². The van der Waals surface area contributed by atoms with E-state index in [9.17, 15) is 9.90 Å². The summed E-state index contributed by atoms with van der Waals surface area (Å²) in [5, 5.41) is 10.8. The molecule has 0 atom stereocenters. The van der Waals surface area contributed by atoms with Crippen LogP contribution in [0.3, 0.4) is 0 Å². The number of rotatable bonds is 2. The van der Waals surface area contributed by atoms with Gasteiger partial charge in [-0.2, -0.15) is 0 Å². The van der Waals surface area contributed by atoms with Gasteiger partial charge in [-0.3, -0.25) is 9.79 Å². The summed E-state index contributed by atoms with van der Waals surface area (Å²) in [4.78, 5) is 16.5. The van der Waals surface area contributed by atoms with E-state index in [1.165, 1.54) is 6.21 Å². The third-order valence-corrected chi connectivity index (χ3v) is 3.91. The number of benzene rings is 2. The minimum Gasteiger partial charge on any atom is -0.506 e. The van der Waals surface area contributed by atoms with E-state index in [0.717, 1.165) is 5.56 Å². The molecule has 104 valence electrons. The first kappa shape index (κ1) is 13.6. The van der Waals surface area contributed by atoms with Gasteiger partial charge in [-0.05, 0) is 24.6 Å². The van der Waals surface area contributed by atoms with E-state index in [1.807, 2.05) is 13.0 Å². The molecule has 0 aromatic heterocycles. The maximum atomic E-state index is 12.2. The van der Waals surface area contributed by atoms with Crippen molar-refractivity contribution < 1.29 is 9.90 Å². The molecule has 21 heavy (non-hydrogen) atoms. The Morgan fingerprint density at radius 2 is 1.81 bits per heavy atom. The summed E-state index contributed by atoms with van der Waals surface area (Å²) in [6, 6.07) is 12.3. The summed E-state index contributed by atoms with van der Waals surface area (Å²) >= 11 is 6.04. The number of Topliss-reactive ketones (excluding diaryl/α,β-unsaturated/α-hetero) is 1. The van der Waals surface area contributed by atoms with Crippen LogP contribution >= 0.6 is 11.6 Å². The van der Waals surface area contributed by atoms with Crippen LogP contribution in [-0.4, -0.2) is 17.1 Å². The van der Waals surface area contributed by atoms with Gasteiger partial charge in [0.15, 0.2) is 5.78 Å². The maximum absolute atomic E-state index is 12.2. The fourth-order valence-corrected chi connectivity index (χ4v) is 2.44. The van der Waals surface area contributed by atoms with Gasteiger partial charge in [0.25, 0.3) is 0 Å². The van der Waals surface area contributed by atoms with Crippen molar-refractivity contribution in [2.24, 2.45) is 4.99 Å². The normalized spacial score (nSPS) is 14.1. The van der Waals surface area contributed by atoms with Crippen molar-refractivity contribution in [2.45, 2.75) is 6.92 Å². The van der Waals surface area contributed by atoms with E-state index in [4.69, 9.17) is 11.6 Å². The molecule has 0 saturated heterocycles. The molecular weight excluding hydrogens is 286 g/mol. The maximum Gasteiger partial charge on any atom is 0.199 e. The molecule has 0 fully saturated rings. The van der Waals surface area contributed by atoms with Crippen LogP contribution in [0.25, 0.3) is 5.76 Å². The molecule has 3 nitrogen and oxygen atoms in total. The van der Waals surface area contributed by atoms with E-state index in [1.54, 1.807) is 36.4 Å². The van der Waals surface area contributed by atoms with Crippen LogP contribution in [0.4, 0.5) is 5.69 Å². The fraction of sp³-hybridized carbons (Fsp3) is 0.0588. The molecule has 0 aliphatic heterocycles. The van der Waals surface area contributed by atoms with Crippen LogP contribution in [0, 0.1) is 6.92 Å². The molecule has 3 rings (SSSR count). The second-order valence-corrected chi connectivity index (χ2v) is 5.19. The van der Waals surface area contributed by atoms with Crippen LogP contribution in [0.15, 0.2) is 53.0 Å². The van der Waals surface area contributed by atoms with Crippen LogP contribution < -0.4 is 0 Å². The van der Waals surface area contributed by atoms with Crippen molar-refractivity contribution in [2.75, 3.05) is 0 Å². The van der Waals surface area contributed by atoms with E-state index in [2.05, 4.69) is 4.99 Å². The number of aliphatic imine (C=N–C) groups is 1. The first-order chi connectivity index (χ1) is 10.1. The van der Waals surface area contributed by atoms with Crippen molar-refractivity contribution in [1.82, 2.24) is 0 Å². The number of fused-ring (bicyclic) bond motifs is 1. The highest BCUT2D eigenvalue weighted by atomic mass is 35.5. The van der Waals surface area contributed by atoms with Crippen molar-refractivity contribution in [3.63, 3.8) is 0 Å². The van der Waals surface area contributed by atoms with Crippen LogP contribution in [0.5, 0.6) is 0 Å². The van der Waals surface area contributed by atoms with Crippen molar-refractivity contribution in [1.29, 1.82) is 0 Å². The Morgan fingerprint density at radius 1 is 1.10 bits per heavy atom. The van der Waals surface area contributed by atoms with Crippen LogP contribution in [-0.2, 0) is 0 Å². The van der Waals surface area contributed by atoms with Crippen molar-refractivity contribution in [3.8, 4) is 0 Å². The summed E-state index contributed by atoms with van der Waals surface area (Å²) < 4.78 is 0. The molecule has 0 unspecified atom stereocenters. The summed E-state index contributed by atoms with van der Waals surface area (Å²) in [6.45, 7) is 1.86. The Labute approximate surface area is 127 Å². The van der Waals surface area contributed by atoms with E-state index in [-0.39, 0.29) is 17.1 Å². The number of hydrogen-bond donors (Lipinski definition) is 1. The molecule has 0 heterocycles. The highest BCUT2D eigenvalue weighted by Gasteiger charge is 2.27. The molecule has 0 radical (unpaired) electrons. The van der Waals surface area contributed by atoms with Gasteiger partial charge in [-0.15, -0.1) is 0 Å². The number of hydrogen-bond acceptors (Lipinski definition) is 3. The number of aliphatic hydroxyl groups is 1. The number of nitrogens with zero attached hydrogens (tertiary/aromatic N) is 1. The fourth-order valence-electron chi connectivity index (χ4n) is 2.28. The quantitative estimate of drug-likeness (QED) is 0.829. The lowest BCUT2D eigenvalue weighted by Crippen LogP contribution is -1.99. The molecule has 1 N–H and O–H groups in total. The van der Waals surface area contributed by atoms with Gasteiger partial charge in [0, 0.05) is 22.4 Å². The lowest BCUT2D eigenvalue weighted by molar-refractivity contribution is 0.104. The predicted octanol–water partition coefficient (Wildman–Crippen LogP) is 4.52. The van der Waals surface area contributed by atoms with Gasteiger partial charge >= 0.3 is 0 Å². The lowest BCUT2D eigenvalue weighted by Gasteiger charge is -2.01. The second-order valence-electron chi connectivity index (χ2n) is 4.78. The molecule has 2 aromatic carbocycles. The SMILES string of the molecule is Cc1c(Cl)cccc1N=CC1=C(O)c2ccccc2C1=O. The smallest absolute Gasteiger partial charge is 0.199 e. The Balaban J connectivity index is 2.00. The first-order valence-electron chi connectivity index (χ1n) is 6.46. The zero-order chi connectivity index (χ0) is 15.0. The lowest BCUT2D eigenvalue weighted by atomic mass is 10.1. The summed E-state index contributed by atoms with van der Waals surface area (Å²) in [7, 11) is 0. The Hall–Kier alpha value is -2.39. The van der Waals surface area contributed by atoms with Gasteiger partial charge in [0.05, 0.1) is 11.3 Å². The van der Waals surface area contributed by atoms with Crippen LogP contribution in [0.1, 0.15) is 21.5 Å². The van der Waals surface area contributed by atoms with Gasteiger partial charge in [-0.25, -0.2) is 0 Å². The number of ketones is 1. The molecule has 0 amide bonds. The summed E-state index contributed by atoms with van der Waals surface area (Å²) in [5.41, 5.74) is 2.76. The molecule has 1 aliphatic rings. The zero-order valence-electron chi connectivity index (χ0n) is 11.3. The second kappa shape index (κ2) is 5.19. The van der Waals surface area contributed by atoms with Crippen LogP contribution in [0.2, 0.25) is 5.02 Å². The number of carbonyl (C=O) groups excluding carboxylic acids is 1. The van der Waals surface area contributed by atoms with Gasteiger partial charge in [0.1, 0.15) is 5.76 Å². The molecule has 0 bridgehead atoms. The Morgan fingerprint density at radius 3 is 2.52 bits per heavy atom. The molecule has 2 aromatic rings. The number of carbonyl (C=O) groups is 1. The van der Waals surface area contributed by atoms with E-state index in [0.29, 0.717) is 21.8 Å². The average molecular weight is 298 g/mol.